The van der Waals surface area contributed by atoms with Crippen molar-refractivity contribution in [2.24, 2.45) is 17.6 Å². The first kappa shape index (κ1) is 26.8. The van der Waals surface area contributed by atoms with Gasteiger partial charge in [-0.2, -0.15) is 20.1 Å². The fourth-order valence-electron chi connectivity index (χ4n) is 5.50. The molecule has 2 aliphatic rings. The molecule has 13 heteroatoms. The lowest BCUT2D eigenvalue weighted by molar-refractivity contribution is 0.0750. The van der Waals surface area contributed by atoms with Gasteiger partial charge in [-0.3, -0.25) is 4.79 Å². The Bertz CT molecular complexity index is 1760. The Labute approximate surface area is 246 Å². The van der Waals surface area contributed by atoms with Gasteiger partial charge in [0.15, 0.2) is 0 Å². The van der Waals surface area contributed by atoms with Crippen LogP contribution in [0.4, 0.5) is 4.39 Å². The molecule has 2 fully saturated rings. The second kappa shape index (κ2) is 10.3. The summed E-state index contributed by atoms with van der Waals surface area (Å²) >= 11 is 0. The summed E-state index contributed by atoms with van der Waals surface area (Å²) in [6.07, 6.45) is 7.99. The van der Waals surface area contributed by atoms with Crippen molar-refractivity contribution in [3.05, 3.63) is 96.1 Å². The predicted octanol–water partition coefficient (Wildman–Crippen LogP) is 2.85. The minimum atomic E-state index is -0.628. The fourth-order valence-corrected chi connectivity index (χ4v) is 5.50. The van der Waals surface area contributed by atoms with Crippen molar-refractivity contribution in [2.45, 2.75) is 32.0 Å². The highest BCUT2D eigenvalue weighted by Gasteiger charge is 2.59. The van der Waals surface area contributed by atoms with Crippen molar-refractivity contribution in [1.82, 2.24) is 44.6 Å². The van der Waals surface area contributed by atoms with Gasteiger partial charge < -0.3 is 15.4 Å². The number of halogens is 1. The third-order valence-corrected chi connectivity index (χ3v) is 7.88. The molecule has 4 aromatic heterocycles. The molecule has 1 aliphatic heterocycles. The molecule has 7 rings (SSSR count). The van der Waals surface area contributed by atoms with E-state index in [1.54, 1.807) is 49.2 Å². The molecule has 5 heterocycles. The lowest BCUT2D eigenvalue weighted by Gasteiger charge is -2.22. The molecule has 0 unspecified atom stereocenters. The van der Waals surface area contributed by atoms with Crippen LogP contribution >= 0.6 is 0 Å². The van der Waals surface area contributed by atoms with Crippen molar-refractivity contribution < 1.29 is 13.9 Å². The normalized spacial score (nSPS) is 19.3. The maximum absolute atomic E-state index is 13.7. The quantitative estimate of drug-likeness (QED) is 0.293. The first-order valence-electron chi connectivity index (χ1n) is 14.0. The summed E-state index contributed by atoms with van der Waals surface area (Å²) in [5.41, 5.74) is 9.07. The van der Waals surface area contributed by atoms with Gasteiger partial charge in [-0.1, -0.05) is 0 Å². The Balaban J connectivity index is 1.08. The Morgan fingerprint density at radius 2 is 1.74 bits per heavy atom. The number of aromatic nitrogens is 8. The van der Waals surface area contributed by atoms with E-state index in [0.717, 1.165) is 11.1 Å². The number of nitrogens with zero attached hydrogens (tertiary/aromatic N) is 9. The van der Waals surface area contributed by atoms with Crippen LogP contribution < -0.4 is 10.5 Å². The molecule has 5 aromatic rings. The Hall–Kier alpha value is -5.04. The van der Waals surface area contributed by atoms with Crippen molar-refractivity contribution in [3.8, 4) is 23.1 Å². The maximum atomic E-state index is 13.7. The number of rotatable bonds is 8. The molecular weight excluding hydrogens is 551 g/mol. The average molecular weight is 581 g/mol. The smallest absolute Gasteiger partial charge is 0.257 e. The number of carbonyl (C=O) groups excluding carboxylic acids is 1. The van der Waals surface area contributed by atoms with Gasteiger partial charge in [-0.25, -0.2) is 24.0 Å². The second-order valence-electron chi connectivity index (χ2n) is 11.5. The number of hydrogen-bond acceptors (Lipinski definition) is 9. The standard InChI is InChI=1S/C30H29FN10O2/c1-30(2,32)19-12-24(18-4-6-20(31)7-5-18)37-26(13-19)43-27-21-14-39(15-22(21)27)28(42)23-16-40(29-33-8-3-9-34-29)38-25(23)17-41-35-10-11-36-41/h3-13,16,21-22,27H,14-15,17,32H2,1-2H3/t21-,22+,27-. The van der Waals surface area contributed by atoms with E-state index in [0.29, 0.717) is 41.9 Å². The Morgan fingerprint density at radius 3 is 2.42 bits per heavy atom. The van der Waals surface area contributed by atoms with Crippen LogP contribution in [-0.4, -0.2) is 69.7 Å². The van der Waals surface area contributed by atoms with E-state index in [1.165, 1.54) is 21.6 Å². The summed E-state index contributed by atoms with van der Waals surface area (Å²) in [7, 11) is 0. The molecular formula is C30H29FN10O2. The van der Waals surface area contributed by atoms with E-state index in [4.69, 9.17) is 15.5 Å². The molecule has 1 amide bonds. The zero-order valence-electron chi connectivity index (χ0n) is 23.6. The van der Waals surface area contributed by atoms with Gasteiger partial charge >= 0.3 is 0 Å². The van der Waals surface area contributed by atoms with Crippen molar-refractivity contribution in [2.75, 3.05) is 13.1 Å². The highest BCUT2D eigenvalue weighted by atomic mass is 19.1. The number of amides is 1. The summed E-state index contributed by atoms with van der Waals surface area (Å²) in [4.78, 5) is 30.3. The molecule has 0 radical (unpaired) electrons. The molecule has 1 aromatic carbocycles. The van der Waals surface area contributed by atoms with Gasteiger partial charge in [0, 0.05) is 60.7 Å². The first-order chi connectivity index (χ1) is 20.7. The number of hydrogen-bond donors (Lipinski definition) is 1. The lowest BCUT2D eigenvalue weighted by Crippen LogP contribution is -2.34. The summed E-state index contributed by atoms with van der Waals surface area (Å²) in [5.74, 6) is 0.747. The fraction of sp³-hybridized carbons (Fsp3) is 0.300. The number of piperidine rings is 1. The van der Waals surface area contributed by atoms with E-state index < -0.39 is 5.54 Å². The van der Waals surface area contributed by atoms with Crippen LogP contribution in [0.25, 0.3) is 17.2 Å². The number of carbonyl (C=O) groups is 1. The highest BCUT2D eigenvalue weighted by molar-refractivity contribution is 5.95. The minimum absolute atomic E-state index is 0.0676. The number of ether oxygens (including phenoxy) is 1. The zero-order chi connectivity index (χ0) is 29.7. The number of benzene rings is 1. The van der Waals surface area contributed by atoms with Gasteiger partial charge in [0.05, 0.1) is 29.3 Å². The summed E-state index contributed by atoms with van der Waals surface area (Å²) in [5, 5.41) is 12.9. The third-order valence-electron chi connectivity index (χ3n) is 7.88. The van der Waals surface area contributed by atoms with Crippen LogP contribution in [0.2, 0.25) is 0 Å². The van der Waals surface area contributed by atoms with Crippen LogP contribution in [0.3, 0.4) is 0 Å². The molecule has 43 heavy (non-hydrogen) atoms. The van der Waals surface area contributed by atoms with Crippen molar-refractivity contribution in [1.29, 1.82) is 0 Å². The van der Waals surface area contributed by atoms with Crippen LogP contribution in [0.1, 0.15) is 35.5 Å². The largest absolute Gasteiger partial charge is 0.474 e. The molecule has 3 atom stereocenters. The number of pyridine rings is 1. The van der Waals surface area contributed by atoms with Gasteiger partial charge in [-0.15, -0.1) is 0 Å². The predicted molar refractivity (Wildman–Crippen MR) is 152 cm³/mol. The van der Waals surface area contributed by atoms with Gasteiger partial charge in [0.1, 0.15) is 18.5 Å². The van der Waals surface area contributed by atoms with Crippen LogP contribution in [0.15, 0.2) is 73.4 Å². The maximum Gasteiger partial charge on any atom is 0.257 e. The van der Waals surface area contributed by atoms with Gasteiger partial charge in [0.25, 0.3) is 5.91 Å². The number of nitrogens with two attached hydrogens (primary N) is 1. The Morgan fingerprint density at radius 1 is 1.05 bits per heavy atom. The number of likely N-dealkylation sites (tertiary alicyclic amines) is 1. The number of fused-ring (bicyclic) bond motifs is 1. The molecule has 0 bridgehead atoms. The van der Waals surface area contributed by atoms with Crippen molar-refractivity contribution >= 4 is 5.91 Å². The van der Waals surface area contributed by atoms with Gasteiger partial charge in [0.2, 0.25) is 11.8 Å². The topological polar surface area (TPSA) is 143 Å². The van der Waals surface area contributed by atoms with Crippen molar-refractivity contribution in [3.63, 3.8) is 0 Å². The zero-order valence-corrected chi connectivity index (χ0v) is 23.6. The minimum Gasteiger partial charge on any atom is -0.474 e. The Kier molecular flexibility index (Phi) is 6.46. The summed E-state index contributed by atoms with van der Waals surface area (Å²) < 4.78 is 21.4. The summed E-state index contributed by atoms with van der Waals surface area (Å²) in [6, 6.07) is 11.7. The molecule has 0 spiro atoms. The SMILES string of the molecule is CC(C)(N)c1cc(O[C@@H]2[C@@H]3CN(C(=O)c4cn(-c5ncccn5)nc4Cn4nccn4)C[C@@H]32)nc(-c2ccc(F)cc2)c1. The molecule has 218 valence electrons. The molecule has 1 saturated heterocycles. The monoisotopic (exact) mass is 580 g/mol. The highest BCUT2D eigenvalue weighted by Crippen LogP contribution is 2.48. The molecule has 12 nitrogen and oxygen atoms in total. The average Bonchev–Trinajstić information content (AvgIpc) is 3.51. The van der Waals surface area contributed by atoms with E-state index >= 15 is 0 Å². The van der Waals surface area contributed by atoms with E-state index in [1.807, 2.05) is 30.9 Å². The molecule has 1 saturated carbocycles. The van der Waals surface area contributed by atoms with E-state index in [9.17, 15) is 9.18 Å². The van der Waals surface area contributed by atoms with Crippen LogP contribution in [0, 0.1) is 17.7 Å². The van der Waals surface area contributed by atoms with Crippen LogP contribution in [0.5, 0.6) is 5.88 Å². The lowest BCUT2D eigenvalue weighted by atomic mass is 9.95. The van der Waals surface area contributed by atoms with Crippen LogP contribution in [-0.2, 0) is 12.1 Å². The third kappa shape index (κ3) is 5.34. The second-order valence-corrected chi connectivity index (χ2v) is 11.5. The molecule has 2 N–H and O–H groups in total. The molecule has 1 aliphatic carbocycles. The van der Waals surface area contributed by atoms with E-state index in [-0.39, 0.29) is 36.2 Å². The summed E-state index contributed by atoms with van der Waals surface area (Å²) in [6.45, 7) is 5.16. The van der Waals surface area contributed by atoms with E-state index in [2.05, 4.69) is 25.3 Å². The first-order valence-corrected chi connectivity index (χ1v) is 14.0. The van der Waals surface area contributed by atoms with Gasteiger partial charge in [-0.05, 0) is 55.8 Å².